The van der Waals surface area contributed by atoms with Gasteiger partial charge in [-0.05, 0) is 37.5 Å². The maximum Gasteiger partial charge on any atom is 0.233 e. The molecular weight excluding hydrogens is 362 g/mol. The summed E-state index contributed by atoms with van der Waals surface area (Å²) >= 11 is 1.47. The topological polar surface area (TPSA) is 63.5 Å². The number of carbonyl (C=O) groups excluding carboxylic acids is 1. The minimum absolute atomic E-state index is 0.184. The van der Waals surface area contributed by atoms with Crippen LogP contribution in [0.1, 0.15) is 18.4 Å². The van der Waals surface area contributed by atoms with Gasteiger partial charge in [0.2, 0.25) is 11.9 Å². The van der Waals surface area contributed by atoms with Crippen LogP contribution in [-0.2, 0) is 9.53 Å². The number of aryl methyl sites for hydroxylation is 1. The van der Waals surface area contributed by atoms with Gasteiger partial charge in [0.05, 0.1) is 24.7 Å². The van der Waals surface area contributed by atoms with Crippen molar-refractivity contribution in [3.05, 3.63) is 29.8 Å². The van der Waals surface area contributed by atoms with Gasteiger partial charge < -0.3 is 14.5 Å². The standard InChI is InChI=1S/C19H25N5O2S/c1-15-5-4-6-16(13-15)24-18(23-9-11-26-12-10-23)20-21-19(24)27-14-17(25)22-7-2-3-8-22/h4-6,13H,2-3,7-12,14H2,1H3. The normalized spacial score (nSPS) is 17.5. The third-order valence-corrected chi connectivity index (χ3v) is 5.87. The Morgan fingerprint density at radius 1 is 1.15 bits per heavy atom. The first-order chi connectivity index (χ1) is 13.2. The highest BCUT2D eigenvalue weighted by molar-refractivity contribution is 7.99. The number of carbonyl (C=O) groups is 1. The Hall–Kier alpha value is -2.06. The summed E-state index contributed by atoms with van der Waals surface area (Å²) in [5.41, 5.74) is 2.20. The van der Waals surface area contributed by atoms with Crippen LogP contribution in [0.25, 0.3) is 5.69 Å². The lowest BCUT2D eigenvalue weighted by atomic mass is 10.2. The van der Waals surface area contributed by atoms with Gasteiger partial charge in [0.1, 0.15) is 0 Å². The van der Waals surface area contributed by atoms with Gasteiger partial charge in [0.15, 0.2) is 5.16 Å². The van der Waals surface area contributed by atoms with Crippen LogP contribution in [0.2, 0.25) is 0 Å². The largest absolute Gasteiger partial charge is 0.378 e. The van der Waals surface area contributed by atoms with Crippen molar-refractivity contribution in [2.75, 3.05) is 50.0 Å². The number of anilines is 1. The third-order valence-electron chi connectivity index (χ3n) is 4.95. The molecule has 1 aromatic carbocycles. The summed E-state index contributed by atoms with van der Waals surface area (Å²) in [6.07, 6.45) is 2.22. The maximum atomic E-state index is 12.4. The summed E-state index contributed by atoms with van der Waals surface area (Å²) in [6, 6.07) is 8.30. The Kier molecular flexibility index (Phi) is 5.63. The van der Waals surface area contributed by atoms with Gasteiger partial charge in [0.25, 0.3) is 0 Å². The maximum absolute atomic E-state index is 12.4. The van der Waals surface area contributed by atoms with E-state index >= 15 is 0 Å². The molecule has 2 saturated heterocycles. The highest BCUT2D eigenvalue weighted by Crippen LogP contribution is 2.28. The predicted molar refractivity (Wildman–Crippen MR) is 106 cm³/mol. The molecule has 1 amide bonds. The lowest BCUT2D eigenvalue weighted by Gasteiger charge is -2.28. The number of thioether (sulfide) groups is 1. The van der Waals surface area contributed by atoms with Crippen LogP contribution in [0.15, 0.2) is 29.4 Å². The second kappa shape index (κ2) is 8.31. The van der Waals surface area contributed by atoms with E-state index in [1.54, 1.807) is 0 Å². The second-order valence-corrected chi connectivity index (χ2v) is 7.88. The first-order valence-electron chi connectivity index (χ1n) is 9.48. The molecule has 0 spiro atoms. The van der Waals surface area contributed by atoms with E-state index in [0.717, 1.165) is 55.8 Å². The van der Waals surface area contributed by atoms with Crippen LogP contribution < -0.4 is 4.90 Å². The molecule has 0 aliphatic carbocycles. The molecule has 1 aromatic heterocycles. The molecule has 0 bridgehead atoms. The SMILES string of the molecule is Cc1cccc(-n2c(SCC(=O)N3CCCC3)nnc2N2CCOCC2)c1. The van der Waals surface area contributed by atoms with Crippen LogP contribution in [0.4, 0.5) is 5.95 Å². The summed E-state index contributed by atoms with van der Waals surface area (Å²) < 4.78 is 7.54. The molecule has 7 nitrogen and oxygen atoms in total. The molecular formula is C19H25N5O2S. The highest BCUT2D eigenvalue weighted by Gasteiger charge is 2.24. The van der Waals surface area contributed by atoms with Crippen molar-refractivity contribution in [1.29, 1.82) is 0 Å². The molecule has 2 aromatic rings. The van der Waals surface area contributed by atoms with E-state index in [2.05, 4.69) is 44.8 Å². The number of benzene rings is 1. The minimum atomic E-state index is 0.184. The molecule has 27 heavy (non-hydrogen) atoms. The number of likely N-dealkylation sites (tertiary alicyclic amines) is 1. The smallest absolute Gasteiger partial charge is 0.233 e. The van der Waals surface area contributed by atoms with Crippen molar-refractivity contribution in [3.63, 3.8) is 0 Å². The zero-order chi connectivity index (χ0) is 18.6. The molecule has 8 heteroatoms. The average Bonchev–Trinajstić information content (AvgIpc) is 3.37. The Morgan fingerprint density at radius 3 is 2.67 bits per heavy atom. The first-order valence-corrected chi connectivity index (χ1v) is 10.5. The molecule has 2 aliphatic heterocycles. The Labute approximate surface area is 163 Å². The number of hydrogen-bond donors (Lipinski definition) is 0. The van der Waals surface area contributed by atoms with E-state index in [-0.39, 0.29) is 5.91 Å². The molecule has 0 unspecified atom stereocenters. The van der Waals surface area contributed by atoms with Crippen molar-refractivity contribution in [2.45, 2.75) is 24.9 Å². The quantitative estimate of drug-likeness (QED) is 0.733. The molecule has 0 radical (unpaired) electrons. The van der Waals surface area contributed by atoms with Gasteiger partial charge in [-0.25, -0.2) is 0 Å². The van der Waals surface area contributed by atoms with Crippen molar-refractivity contribution in [1.82, 2.24) is 19.7 Å². The summed E-state index contributed by atoms with van der Waals surface area (Å²) in [7, 11) is 0. The Balaban J connectivity index is 1.60. The zero-order valence-corrected chi connectivity index (χ0v) is 16.5. The van der Waals surface area contributed by atoms with Gasteiger partial charge in [-0.1, -0.05) is 23.9 Å². The van der Waals surface area contributed by atoms with Crippen LogP contribution in [0.3, 0.4) is 0 Å². The van der Waals surface area contributed by atoms with E-state index in [0.29, 0.717) is 19.0 Å². The van der Waals surface area contributed by atoms with Crippen LogP contribution >= 0.6 is 11.8 Å². The van der Waals surface area contributed by atoms with Crippen LogP contribution in [0.5, 0.6) is 0 Å². The molecule has 4 rings (SSSR count). The van der Waals surface area contributed by atoms with E-state index in [4.69, 9.17) is 4.74 Å². The number of amides is 1. The van der Waals surface area contributed by atoms with Gasteiger partial charge >= 0.3 is 0 Å². The molecule has 144 valence electrons. The van der Waals surface area contributed by atoms with Crippen LogP contribution in [0, 0.1) is 6.92 Å². The minimum Gasteiger partial charge on any atom is -0.378 e. The van der Waals surface area contributed by atoms with E-state index in [1.807, 2.05) is 11.0 Å². The molecule has 0 saturated carbocycles. The molecule has 0 atom stereocenters. The number of rotatable bonds is 5. The summed E-state index contributed by atoms with van der Waals surface area (Å²) in [5, 5.41) is 9.64. The third kappa shape index (κ3) is 4.11. The lowest BCUT2D eigenvalue weighted by molar-refractivity contribution is -0.127. The fraction of sp³-hybridized carbons (Fsp3) is 0.526. The Bertz CT molecular complexity index is 797. The fourth-order valence-electron chi connectivity index (χ4n) is 3.50. The highest BCUT2D eigenvalue weighted by atomic mass is 32.2. The number of hydrogen-bond acceptors (Lipinski definition) is 6. The van der Waals surface area contributed by atoms with Crippen molar-refractivity contribution in [2.24, 2.45) is 0 Å². The molecule has 0 N–H and O–H groups in total. The Morgan fingerprint density at radius 2 is 1.93 bits per heavy atom. The van der Waals surface area contributed by atoms with Crippen molar-refractivity contribution < 1.29 is 9.53 Å². The number of aromatic nitrogens is 3. The number of ether oxygens (including phenoxy) is 1. The molecule has 2 fully saturated rings. The van der Waals surface area contributed by atoms with Gasteiger partial charge in [-0.2, -0.15) is 0 Å². The second-order valence-electron chi connectivity index (χ2n) is 6.93. The van der Waals surface area contributed by atoms with Gasteiger partial charge in [-0.15, -0.1) is 10.2 Å². The number of nitrogens with zero attached hydrogens (tertiary/aromatic N) is 5. The first kappa shape index (κ1) is 18.3. The predicted octanol–water partition coefficient (Wildman–Crippen LogP) is 2.13. The molecule has 3 heterocycles. The average molecular weight is 388 g/mol. The van der Waals surface area contributed by atoms with E-state index < -0.39 is 0 Å². The summed E-state index contributed by atoms with van der Waals surface area (Å²) in [6.45, 7) is 6.80. The van der Waals surface area contributed by atoms with Crippen LogP contribution in [-0.4, -0.2) is 70.7 Å². The van der Waals surface area contributed by atoms with Crippen molar-refractivity contribution >= 4 is 23.6 Å². The van der Waals surface area contributed by atoms with E-state index in [9.17, 15) is 4.79 Å². The summed E-state index contributed by atoms with van der Waals surface area (Å²) in [5.74, 6) is 1.40. The van der Waals surface area contributed by atoms with Gasteiger partial charge in [0, 0.05) is 26.2 Å². The zero-order valence-electron chi connectivity index (χ0n) is 15.6. The fourth-order valence-corrected chi connectivity index (χ4v) is 4.35. The van der Waals surface area contributed by atoms with E-state index in [1.165, 1.54) is 17.3 Å². The monoisotopic (exact) mass is 387 g/mol. The number of morpholine rings is 1. The lowest BCUT2D eigenvalue weighted by Crippen LogP contribution is -2.37. The van der Waals surface area contributed by atoms with Gasteiger partial charge in [-0.3, -0.25) is 9.36 Å². The summed E-state index contributed by atoms with van der Waals surface area (Å²) in [4.78, 5) is 16.6. The molecule has 2 aliphatic rings. The van der Waals surface area contributed by atoms with Crippen molar-refractivity contribution in [3.8, 4) is 5.69 Å².